The summed E-state index contributed by atoms with van der Waals surface area (Å²) in [6.45, 7) is 0.983. The summed E-state index contributed by atoms with van der Waals surface area (Å²) in [4.78, 5) is 2.22. The van der Waals surface area contributed by atoms with Crippen molar-refractivity contribution in [2.24, 2.45) is 5.92 Å². The van der Waals surface area contributed by atoms with Gasteiger partial charge in [0.2, 0.25) is 0 Å². The number of hydrogen-bond acceptors (Lipinski definition) is 4. The van der Waals surface area contributed by atoms with Crippen molar-refractivity contribution in [3.63, 3.8) is 0 Å². The maximum atomic E-state index is 10.5. The zero-order chi connectivity index (χ0) is 17.3. The Morgan fingerprint density at radius 3 is 2.67 bits per heavy atom. The second-order valence-electron chi connectivity index (χ2n) is 7.38. The van der Waals surface area contributed by atoms with Crippen molar-refractivity contribution in [2.75, 3.05) is 34.9 Å². The summed E-state index contributed by atoms with van der Waals surface area (Å²) in [6.07, 6.45) is 7.99. The van der Waals surface area contributed by atoms with Crippen molar-refractivity contribution < 1.29 is 14.6 Å². The quantitative estimate of drug-likeness (QED) is 0.900. The summed E-state index contributed by atoms with van der Waals surface area (Å²) in [5.41, 5.74) is 2.32. The largest absolute Gasteiger partial charge is 0.493 e. The minimum atomic E-state index is -0.251. The van der Waals surface area contributed by atoms with Crippen LogP contribution in [0.4, 0.5) is 0 Å². The van der Waals surface area contributed by atoms with Gasteiger partial charge in [0, 0.05) is 11.0 Å². The fourth-order valence-corrected chi connectivity index (χ4v) is 4.54. The molecule has 1 aromatic rings. The molecule has 0 spiro atoms. The summed E-state index contributed by atoms with van der Waals surface area (Å²) < 4.78 is 11.4. The zero-order valence-electron chi connectivity index (χ0n) is 15.2. The number of hydrogen-bond donors (Lipinski definition) is 1. The predicted molar refractivity (Wildman–Crippen MR) is 96.8 cm³/mol. The van der Waals surface area contributed by atoms with Crippen molar-refractivity contribution in [2.45, 2.75) is 37.2 Å². The van der Waals surface area contributed by atoms with Gasteiger partial charge < -0.3 is 19.5 Å². The molecule has 1 N–H and O–H groups in total. The predicted octanol–water partition coefficient (Wildman–Crippen LogP) is 3.08. The van der Waals surface area contributed by atoms with Gasteiger partial charge in [0.1, 0.15) is 0 Å². The van der Waals surface area contributed by atoms with E-state index in [9.17, 15) is 5.11 Å². The molecular weight excluding hydrogens is 302 g/mol. The highest BCUT2D eigenvalue weighted by Crippen LogP contribution is 2.55. The Balaban J connectivity index is 2.17. The number of rotatable bonds is 5. The van der Waals surface area contributed by atoms with Gasteiger partial charge in [0.05, 0.1) is 20.3 Å². The zero-order valence-corrected chi connectivity index (χ0v) is 15.2. The van der Waals surface area contributed by atoms with Crippen LogP contribution in [0, 0.1) is 5.92 Å². The van der Waals surface area contributed by atoms with E-state index in [4.69, 9.17) is 9.47 Å². The molecule has 0 amide bonds. The highest BCUT2D eigenvalue weighted by atomic mass is 16.5. The van der Waals surface area contributed by atoms with Crippen LogP contribution < -0.4 is 9.47 Å². The Bertz CT molecular complexity index is 626. The molecule has 3 atom stereocenters. The fraction of sp³-hybridized carbons (Fsp3) is 0.600. The Morgan fingerprint density at radius 1 is 1.21 bits per heavy atom. The van der Waals surface area contributed by atoms with Crippen LogP contribution >= 0.6 is 0 Å². The standard InChI is InChI=1S/C20H29NO3/c1-21(2)12-11-20-13-16(22)9-8-15(20)7-5-14-6-10-17(23-3)19(24-4)18(14)20/h5-7,10,15-16,22H,8-9,11-13H2,1-4H3. The third-order valence-corrected chi connectivity index (χ3v) is 5.71. The Morgan fingerprint density at radius 2 is 2.00 bits per heavy atom. The molecule has 4 heteroatoms. The number of ether oxygens (including phenoxy) is 2. The lowest BCUT2D eigenvalue weighted by Gasteiger charge is -2.49. The summed E-state index contributed by atoms with van der Waals surface area (Å²) in [6, 6.07) is 4.09. The lowest BCUT2D eigenvalue weighted by atomic mass is 9.57. The fourth-order valence-electron chi connectivity index (χ4n) is 4.54. The van der Waals surface area contributed by atoms with Crippen molar-refractivity contribution >= 4 is 6.08 Å². The lowest BCUT2D eigenvalue weighted by molar-refractivity contribution is 0.0518. The van der Waals surface area contributed by atoms with Gasteiger partial charge in [-0.2, -0.15) is 0 Å². The second-order valence-corrected chi connectivity index (χ2v) is 7.38. The molecule has 1 aromatic carbocycles. The summed E-state index contributed by atoms with van der Waals surface area (Å²) in [5.74, 6) is 2.04. The number of aliphatic hydroxyl groups excluding tert-OH is 1. The van der Waals surface area contributed by atoms with Crippen LogP contribution in [-0.4, -0.2) is 51.0 Å². The molecule has 2 aliphatic carbocycles. The molecule has 0 saturated heterocycles. The van der Waals surface area contributed by atoms with Crippen LogP contribution in [0.2, 0.25) is 0 Å². The van der Waals surface area contributed by atoms with Crippen molar-refractivity contribution in [3.8, 4) is 11.5 Å². The first-order chi connectivity index (χ1) is 11.5. The molecule has 0 heterocycles. The van der Waals surface area contributed by atoms with E-state index in [0.29, 0.717) is 5.92 Å². The topological polar surface area (TPSA) is 41.9 Å². The molecule has 0 aromatic heterocycles. The smallest absolute Gasteiger partial charge is 0.165 e. The van der Waals surface area contributed by atoms with E-state index in [1.54, 1.807) is 14.2 Å². The Kier molecular flexibility index (Phi) is 4.88. The molecule has 3 rings (SSSR count). The summed E-state index contributed by atoms with van der Waals surface area (Å²) >= 11 is 0. The van der Waals surface area contributed by atoms with E-state index in [2.05, 4.69) is 37.2 Å². The molecule has 1 fully saturated rings. The lowest BCUT2D eigenvalue weighted by Crippen LogP contribution is -2.45. The van der Waals surface area contributed by atoms with Crippen LogP contribution in [0.5, 0.6) is 11.5 Å². The Hall–Kier alpha value is -1.52. The van der Waals surface area contributed by atoms with E-state index in [1.165, 1.54) is 11.1 Å². The van der Waals surface area contributed by atoms with E-state index < -0.39 is 0 Å². The van der Waals surface area contributed by atoms with E-state index in [0.717, 1.165) is 43.7 Å². The maximum absolute atomic E-state index is 10.5. The molecule has 132 valence electrons. The van der Waals surface area contributed by atoms with Crippen molar-refractivity contribution in [3.05, 3.63) is 29.3 Å². The number of aliphatic hydroxyl groups is 1. The van der Waals surface area contributed by atoms with Gasteiger partial charge in [0.15, 0.2) is 11.5 Å². The second kappa shape index (κ2) is 6.77. The van der Waals surface area contributed by atoms with Gasteiger partial charge in [0.25, 0.3) is 0 Å². The van der Waals surface area contributed by atoms with Crippen LogP contribution in [0.3, 0.4) is 0 Å². The third-order valence-electron chi connectivity index (χ3n) is 5.71. The third kappa shape index (κ3) is 2.82. The van der Waals surface area contributed by atoms with E-state index in [1.807, 2.05) is 6.07 Å². The number of fused-ring (bicyclic) bond motifs is 3. The first-order valence-electron chi connectivity index (χ1n) is 8.78. The van der Waals surface area contributed by atoms with Crippen LogP contribution in [0.15, 0.2) is 18.2 Å². The van der Waals surface area contributed by atoms with E-state index >= 15 is 0 Å². The van der Waals surface area contributed by atoms with E-state index in [-0.39, 0.29) is 11.5 Å². The number of benzene rings is 1. The monoisotopic (exact) mass is 331 g/mol. The van der Waals surface area contributed by atoms with Gasteiger partial charge in [-0.05, 0) is 63.9 Å². The molecule has 1 saturated carbocycles. The van der Waals surface area contributed by atoms with Crippen molar-refractivity contribution in [1.29, 1.82) is 0 Å². The maximum Gasteiger partial charge on any atom is 0.165 e. The highest BCUT2D eigenvalue weighted by molar-refractivity contribution is 5.68. The molecule has 0 bridgehead atoms. The first kappa shape index (κ1) is 17.3. The van der Waals surface area contributed by atoms with Gasteiger partial charge in [-0.25, -0.2) is 0 Å². The van der Waals surface area contributed by atoms with Gasteiger partial charge in [-0.3, -0.25) is 0 Å². The van der Waals surface area contributed by atoms with Gasteiger partial charge >= 0.3 is 0 Å². The normalized spacial score (nSPS) is 28.4. The molecule has 24 heavy (non-hydrogen) atoms. The molecule has 0 radical (unpaired) electrons. The molecular formula is C20H29NO3. The average Bonchev–Trinajstić information content (AvgIpc) is 2.58. The molecule has 4 nitrogen and oxygen atoms in total. The molecule has 3 unspecified atom stereocenters. The molecule has 0 aliphatic heterocycles. The van der Waals surface area contributed by atoms with Crippen LogP contribution in [0.1, 0.15) is 36.8 Å². The summed E-state index contributed by atoms with van der Waals surface area (Å²) in [5, 5.41) is 10.5. The van der Waals surface area contributed by atoms with Gasteiger partial charge in [-0.15, -0.1) is 0 Å². The summed E-state index contributed by atoms with van der Waals surface area (Å²) in [7, 11) is 7.60. The highest BCUT2D eigenvalue weighted by Gasteiger charge is 2.48. The van der Waals surface area contributed by atoms with Crippen LogP contribution in [0.25, 0.3) is 6.08 Å². The average molecular weight is 331 g/mol. The minimum Gasteiger partial charge on any atom is -0.493 e. The number of allylic oxidation sites excluding steroid dienone is 1. The SMILES string of the molecule is COc1ccc2c(c1OC)C1(CCN(C)C)CC(O)CCC1C=C2. The van der Waals surface area contributed by atoms with Crippen molar-refractivity contribution in [1.82, 2.24) is 4.90 Å². The first-order valence-corrected chi connectivity index (χ1v) is 8.78. The van der Waals surface area contributed by atoms with Crippen LogP contribution in [-0.2, 0) is 5.41 Å². The number of methoxy groups -OCH3 is 2. The Labute approximate surface area is 145 Å². The number of nitrogens with zero attached hydrogens (tertiary/aromatic N) is 1. The molecule has 2 aliphatic rings. The van der Waals surface area contributed by atoms with Gasteiger partial charge in [-0.1, -0.05) is 18.2 Å². The minimum absolute atomic E-state index is 0.0914.